The van der Waals surface area contributed by atoms with Gasteiger partial charge in [0.15, 0.2) is 0 Å². The molecule has 0 saturated carbocycles. The SMILES string of the molecule is Cc1nc(Oc2cccc(C(C)(C)C)c2)ncc1CN. The Labute approximate surface area is 120 Å². The van der Waals surface area contributed by atoms with Crippen molar-refractivity contribution >= 4 is 0 Å². The number of aromatic nitrogens is 2. The molecule has 0 saturated heterocycles. The van der Waals surface area contributed by atoms with Gasteiger partial charge < -0.3 is 10.5 Å². The zero-order valence-electron chi connectivity index (χ0n) is 12.5. The van der Waals surface area contributed by atoms with Gasteiger partial charge in [-0.15, -0.1) is 0 Å². The van der Waals surface area contributed by atoms with Crippen molar-refractivity contribution in [2.75, 3.05) is 0 Å². The van der Waals surface area contributed by atoms with Gasteiger partial charge in [-0.1, -0.05) is 32.9 Å². The van der Waals surface area contributed by atoms with E-state index in [4.69, 9.17) is 10.5 Å². The van der Waals surface area contributed by atoms with Crippen molar-refractivity contribution in [2.45, 2.75) is 39.7 Å². The summed E-state index contributed by atoms with van der Waals surface area (Å²) in [6.07, 6.45) is 1.71. The van der Waals surface area contributed by atoms with E-state index in [2.05, 4.69) is 36.8 Å². The van der Waals surface area contributed by atoms with Gasteiger partial charge in [0.25, 0.3) is 0 Å². The number of benzene rings is 1. The predicted octanol–water partition coefficient (Wildman–Crippen LogP) is 3.33. The molecule has 2 aromatic rings. The van der Waals surface area contributed by atoms with Crippen LogP contribution in [0.5, 0.6) is 11.8 Å². The summed E-state index contributed by atoms with van der Waals surface area (Å²) < 4.78 is 5.73. The number of ether oxygens (including phenoxy) is 1. The highest BCUT2D eigenvalue weighted by Crippen LogP contribution is 2.27. The van der Waals surface area contributed by atoms with Crippen LogP contribution in [0.25, 0.3) is 0 Å². The second-order valence-electron chi connectivity index (χ2n) is 5.85. The summed E-state index contributed by atoms with van der Waals surface area (Å²) in [5.74, 6) is 0.748. The van der Waals surface area contributed by atoms with Gasteiger partial charge in [-0.3, -0.25) is 0 Å². The van der Waals surface area contributed by atoms with Crippen LogP contribution in [-0.4, -0.2) is 9.97 Å². The molecule has 0 fully saturated rings. The van der Waals surface area contributed by atoms with Crippen LogP contribution in [0.2, 0.25) is 0 Å². The molecule has 0 aliphatic rings. The van der Waals surface area contributed by atoms with Crippen LogP contribution in [0, 0.1) is 6.92 Å². The van der Waals surface area contributed by atoms with Crippen LogP contribution < -0.4 is 10.5 Å². The van der Waals surface area contributed by atoms with E-state index in [1.54, 1.807) is 6.20 Å². The zero-order valence-corrected chi connectivity index (χ0v) is 12.5. The average molecular weight is 271 g/mol. The summed E-state index contributed by atoms with van der Waals surface area (Å²) in [4.78, 5) is 8.50. The highest BCUT2D eigenvalue weighted by molar-refractivity contribution is 5.34. The minimum absolute atomic E-state index is 0.0829. The number of hydrogen-bond acceptors (Lipinski definition) is 4. The van der Waals surface area contributed by atoms with E-state index in [0.29, 0.717) is 12.6 Å². The van der Waals surface area contributed by atoms with E-state index >= 15 is 0 Å². The predicted molar refractivity (Wildman–Crippen MR) is 79.9 cm³/mol. The van der Waals surface area contributed by atoms with Crippen molar-refractivity contribution in [1.29, 1.82) is 0 Å². The van der Waals surface area contributed by atoms with Gasteiger partial charge in [0.2, 0.25) is 0 Å². The normalized spacial score (nSPS) is 11.4. The summed E-state index contributed by atoms with van der Waals surface area (Å²) in [5, 5.41) is 0. The van der Waals surface area contributed by atoms with Gasteiger partial charge in [-0.2, -0.15) is 4.98 Å². The molecule has 2 rings (SSSR count). The summed E-state index contributed by atoms with van der Waals surface area (Å²) in [6, 6.07) is 8.36. The summed E-state index contributed by atoms with van der Waals surface area (Å²) in [6.45, 7) is 8.85. The molecule has 1 aromatic carbocycles. The molecule has 0 radical (unpaired) electrons. The minimum atomic E-state index is 0.0829. The van der Waals surface area contributed by atoms with Crippen LogP contribution >= 0.6 is 0 Å². The lowest BCUT2D eigenvalue weighted by Crippen LogP contribution is -2.10. The Bertz CT molecular complexity index is 603. The second-order valence-corrected chi connectivity index (χ2v) is 5.85. The number of hydrogen-bond donors (Lipinski definition) is 1. The zero-order chi connectivity index (χ0) is 14.8. The van der Waals surface area contributed by atoms with Crippen molar-refractivity contribution < 1.29 is 4.74 Å². The third-order valence-electron chi connectivity index (χ3n) is 3.19. The molecule has 0 unspecified atom stereocenters. The smallest absolute Gasteiger partial charge is 0.322 e. The third-order valence-corrected chi connectivity index (χ3v) is 3.19. The van der Waals surface area contributed by atoms with Crippen molar-refractivity contribution in [3.05, 3.63) is 47.3 Å². The number of rotatable bonds is 3. The third kappa shape index (κ3) is 3.33. The monoisotopic (exact) mass is 271 g/mol. The van der Waals surface area contributed by atoms with Crippen LogP contribution in [-0.2, 0) is 12.0 Å². The lowest BCUT2D eigenvalue weighted by molar-refractivity contribution is 0.437. The van der Waals surface area contributed by atoms with Gasteiger partial charge in [-0.05, 0) is 30.0 Å². The Morgan fingerprint density at radius 1 is 1.25 bits per heavy atom. The maximum absolute atomic E-state index is 5.73. The topological polar surface area (TPSA) is 61.0 Å². The van der Waals surface area contributed by atoms with Crippen molar-refractivity contribution in [3.8, 4) is 11.8 Å². The average Bonchev–Trinajstić information content (AvgIpc) is 2.38. The fourth-order valence-electron chi connectivity index (χ4n) is 1.85. The Hall–Kier alpha value is -1.94. The second kappa shape index (κ2) is 5.59. The van der Waals surface area contributed by atoms with Crippen LogP contribution in [0.15, 0.2) is 30.5 Å². The molecule has 1 heterocycles. The van der Waals surface area contributed by atoms with Crippen LogP contribution in [0.1, 0.15) is 37.6 Å². The van der Waals surface area contributed by atoms with E-state index in [9.17, 15) is 0 Å². The highest BCUT2D eigenvalue weighted by atomic mass is 16.5. The Morgan fingerprint density at radius 2 is 2.00 bits per heavy atom. The summed E-state index contributed by atoms with van der Waals surface area (Å²) in [5.41, 5.74) is 8.68. The van der Waals surface area contributed by atoms with Gasteiger partial charge in [0.1, 0.15) is 5.75 Å². The number of nitrogens with two attached hydrogens (primary N) is 1. The molecule has 2 N–H and O–H groups in total. The number of nitrogens with zero attached hydrogens (tertiary/aromatic N) is 2. The molecule has 0 bridgehead atoms. The molecular weight excluding hydrogens is 250 g/mol. The standard InChI is InChI=1S/C16H21N3O/c1-11-12(9-17)10-18-15(19-11)20-14-7-5-6-13(8-14)16(2,3)4/h5-8,10H,9,17H2,1-4H3. The highest BCUT2D eigenvalue weighted by Gasteiger charge is 2.14. The Kier molecular flexibility index (Phi) is 4.04. The van der Waals surface area contributed by atoms with Crippen LogP contribution in [0.3, 0.4) is 0 Å². The molecular formula is C16H21N3O. The first kappa shape index (κ1) is 14.5. The van der Waals surface area contributed by atoms with Crippen molar-refractivity contribution in [3.63, 3.8) is 0 Å². The summed E-state index contributed by atoms with van der Waals surface area (Å²) in [7, 11) is 0. The molecule has 4 heteroatoms. The van der Waals surface area contributed by atoms with Crippen molar-refractivity contribution in [2.24, 2.45) is 5.73 Å². The first-order chi connectivity index (χ1) is 9.40. The fourth-order valence-corrected chi connectivity index (χ4v) is 1.85. The Morgan fingerprint density at radius 3 is 2.60 bits per heavy atom. The van der Waals surface area contributed by atoms with Gasteiger partial charge >= 0.3 is 6.01 Å². The molecule has 1 aromatic heterocycles. The molecule has 0 aliphatic heterocycles. The minimum Gasteiger partial charge on any atom is -0.424 e. The number of aryl methyl sites for hydroxylation is 1. The first-order valence-electron chi connectivity index (χ1n) is 6.71. The van der Waals surface area contributed by atoms with Gasteiger partial charge in [-0.25, -0.2) is 4.98 Å². The lowest BCUT2D eigenvalue weighted by atomic mass is 9.87. The molecule has 0 amide bonds. The molecule has 20 heavy (non-hydrogen) atoms. The van der Waals surface area contributed by atoms with E-state index in [1.807, 2.05) is 25.1 Å². The maximum Gasteiger partial charge on any atom is 0.322 e. The quantitative estimate of drug-likeness (QED) is 0.930. The fraction of sp³-hybridized carbons (Fsp3) is 0.375. The van der Waals surface area contributed by atoms with E-state index in [0.717, 1.165) is 17.0 Å². The molecule has 0 atom stereocenters. The molecule has 4 nitrogen and oxygen atoms in total. The van der Waals surface area contributed by atoms with E-state index in [-0.39, 0.29) is 5.41 Å². The molecule has 0 aliphatic carbocycles. The van der Waals surface area contributed by atoms with E-state index < -0.39 is 0 Å². The largest absolute Gasteiger partial charge is 0.424 e. The van der Waals surface area contributed by atoms with Gasteiger partial charge in [0.05, 0.1) is 0 Å². The van der Waals surface area contributed by atoms with Crippen LogP contribution in [0.4, 0.5) is 0 Å². The van der Waals surface area contributed by atoms with Crippen molar-refractivity contribution in [1.82, 2.24) is 9.97 Å². The van der Waals surface area contributed by atoms with E-state index in [1.165, 1.54) is 5.56 Å². The maximum atomic E-state index is 5.73. The molecule has 0 spiro atoms. The molecule has 106 valence electrons. The lowest BCUT2D eigenvalue weighted by Gasteiger charge is -2.19. The first-order valence-corrected chi connectivity index (χ1v) is 6.71. The summed E-state index contributed by atoms with van der Waals surface area (Å²) >= 11 is 0. The van der Waals surface area contributed by atoms with Gasteiger partial charge in [0, 0.05) is 24.0 Å². The Balaban J connectivity index is 2.24.